The number of aromatic nitrogens is 2. The lowest BCUT2D eigenvalue weighted by Crippen LogP contribution is -3.00. The Hall–Kier alpha value is -0.820. The highest BCUT2D eigenvalue weighted by Crippen LogP contribution is 2.36. The van der Waals surface area contributed by atoms with Gasteiger partial charge in [-0.3, -0.25) is 9.13 Å². The van der Waals surface area contributed by atoms with Gasteiger partial charge in [0.2, 0.25) is 18.6 Å². The van der Waals surface area contributed by atoms with E-state index in [-0.39, 0.29) is 50.0 Å². The summed E-state index contributed by atoms with van der Waals surface area (Å²) in [4.78, 5) is 36.5. The molecule has 2 aromatic heterocycles. The van der Waals surface area contributed by atoms with E-state index < -0.39 is 15.2 Å². The molecule has 0 aliphatic heterocycles. The first-order valence-electron chi connectivity index (χ1n) is 7.24. The first-order chi connectivity index (χ1) is 11.2. The van der Waals surface area contributed by atoms with Crippen LogP contribution in [0.15, 0.2) is 48.9 Å². The van der Waals surface area contributed by atoms with Crippen molar-refractivity contribution in [3.63, 3.8) is 0 Å². The number of pyridine rings is 2. The molecule has 2 heterocycles. The fourth-order valence-electron chi connectivity index (χ4n) is 2.34. The topological polar surface area (TPSA) is 123 Å². The van der Waals surface area contributed by atoms with Crippen LogP contribution in [0, 0.1) is 0 Å². The van der Waals surface area contributed by atoms with E-state index in [1.54, 1.807) is 40.1 Å². The molecular weight excluding hydrogens is 425 g/mol. The number of hydrogen-bond acceptors (Lipinski definition) is 2. The molecule has 12 heteroatoms. The van der Waals surface area contributed by atoms with Gasteiger partial charge >= 0.3 is 15.2 Å². The second-order valence-corrected chi connectivity index (χ2v) is 8.91. The zero-order valence-electron chi connectivity index (χ0n) is 13.6. The number of rotatable bonds is 7. The van der Waals surface area contributed by atoms with Gasteiger partial charge < -0.3 is 44.4 Å². The number of nitrogens with zero attached hydrogens (tertiary/aromatic N) is 2. The van der Waals surface area contributed by atoms with E-state index in [0.717, 1.165) is 0 Å². The molecule has 4 N–H and O–H groups in total. The highest BCUT2D eigenvalue weighted by Gasteiger charge is 2.27. The van der Waals surface area contributed by atoms with Crippen molar-refractivity contribution >= 4 is 15.2 Å². The Morgan fingerprint density at radius 3 is 1.85 bits per heavy atom. The molecule has 0 unspecified atom stereocenters. The Morgan fingerprint density at radius 2 is 1.31 bits per heavy atom. The molecule has 146 valence electrons. The molecule has 0 aromatic carbocycles. The summed E-state index contributed by atoms with van der Waals surface area (Å²) in [5, 5.41) is 0. The number of aryl methyl sites for hydroxylation is 1. The first kappa shape index (κ1) is 25.2. The fraction of sp³-hybridized carbons (Fsp3) is 0.286. The van der Waals surface area contributed by atoms with Crippen LogP contribution >= 0.6 is 15.2 Å². The van der Waals surface area contributed by atoms with Gasteiger partial charge in [-0.05, 0) is 18.6 Å². The van der Waals surface area contributed by atoms with Crippen molar-refractivity contribution in [1.82, 2.24) is 0 Å². The highest BCUT2D eigenvalue weighted by molar-refractivity contribution is 7.52. The van der Waals surface area contributed by atoms with Crippen molar-refractivity contribution in [2.45, 2.75) is 12.8 Å². The van der Waals surface area contributed by atoms with Crippen molar-refractivity contribution in [3.05, 3.63) is 60.2 Å². The summed E-state index contributed by atoms with van der Waals surface area (Å²) in [7, 11) is -8.35. The van der Waals surface area contributed by atoms with Gasteiger partial charge in [0.15, 0.2) is 0 Å². The van der Waals surface area contributed by atoms with Crippen LogP contribution in [0.1, 0.15) is 11.3 Å². The maximum Gasteiger partial charge on any atom is 0.326 e. The molecule has 0 amide bonds. The minimum Gasteiger partial charge on any atom is -1.00 e. The average molecular weight is 445 g/mol. The van der Waals surface area contributed by atoms with Crippen LogP contribution in [0.5, 0.6) is 0 Å². The van der Waals surface area contributed by atoms with Gasteiger partial charge in [0, 0.05) is 23.8 Å². The summed E-state index contributed by atoms with van der Waals surface area (Å²) in [6, 6.07) is 8.90. The standard InChI is InChI=1S/C14H18N2O6P2.2ClH/c17-23(18,19)11-6-13-5-4-10-16(15-8-2-1-3-9-15)14(13)7-12-24(20,21)22;;/h1-5,8-10H,6-7,11-12H2,(H2-2,17,18,19,20,21,22);2*1H. The highest BCUT2D eigenvalue weighted by atomic mass is 35.5. The summed E-state index contributed by atoms with van der Waals surface area (Å²) >= 11 is 0. The van der Waals surface area contributed by atoms with Crippen LogP contribution in [-0.4, -0.2) is 31.9 Å². The Balaban J connectivity index is 0.00000312. The van der Waals surface area contributed by atoms with E-state index in [1.165, 1.54) is 0 Å². The normalized spacial score (nSPS) is 11.4. The van der Waals surface area contributed by atoms with Crippen LogP contribution in [0.25, 0.3) is 0 Å². The molecule has 0 saturated heterocycles. The molecule has 0 radical (unpaired) electrons. The van der Waals surface area contributed by atoms with Crippen LogP contribution < -0.4 is 34.2 Å². The smallest absolute Gasteiger partial charge is 0.326 e. The van der Waals surface area contributed by atoms with E-state index in [9.17, 15) is 9.13 Å². The third-order valence-corrected chi connectivity index (χ3v) is 5.05. The number of hydrogen-bond donors (Lipinski definition) is 4. The molecule has 2 rings (SSSR count). The lowest BCUT2D eigenvalue weighted by molar-refractivity contribution is -1.30. The first-order valence-corrected chi connectivity index (χ1v) is 10.8. The summed E-state index contributed by atoms with van der Waals surface area (Å²) in [6.07, 6.45) is 4.82. The van der Waals surface area contributed by atoms with Gasteiger partial charge in [-0.15, -0.1) is 0 Å². The Morgan fingerprint density at radius 1 is 0.769 bits per heavy atom. The predicted octanol–water partition coefficient (Wildman–Crippen LogP) is -5.98. The van der Waals surface area contributed by atoms with E-state index in [2.05, 4.69) is 0 Å². The average Bonchev–Trinajstić information content (AvgIpc) is 2.50. The molecule has 0 aliphatic carbocycles. The van der Waals surface area contributed by atoms with E-state index >= 15 is 0 Å². The molecule has 2 aromatic rings. The molecule has 0 spiro atoms. The SMILES string of the molecule is O=P(O)(O)CCc1ccc[n+](-[n+]2ccccc2)c1CCP(=O)(O)O.[Cl-].[Cl-]. The molecule has 8 nitrogen and oxygen atoms in total. The summed E-state index contributed by atoms with van der Waals surface area (Å²) in [5.74, 6) is 0. The van der Waals surface area contributed by atoms with Crippen molar-refractivity contribution in [1.29, 1.82) is 0 Å². The van der Waals surface area contributed by atoms with Crippen molar-refractivity contribution < 1.29 is 62.9 Å². The van der Waals surface area contributed by atoms with Gasteiger partial charge in [0.1, 0.15) is 0 Å². The maximum absolute atomic E-state index is 11.2. The van der Waals surface area contributed by atoms with Crippen LogP contribution in [0.2, 0.25) is 0 Å². The minimum atomic E-state index is -4.19. The molecule has 0 saturated carbocycles. The van der Waals surface area contributed by atoms with Crippen molar-refractivity contribution in [2.75, 3.05) is 12.3 Å². The van der Waals surface area contributed by atoms with Crippen LogP contribution in [0.3, 0.4) is 0 Å². The third-order valence-electron chi connectivity index (χ3n) is 3.43. The second-order valence-electron chi connectivity index (χ2n) is 5.36. The van der Waals surface area contributed by atoms with Gasteiger partial charge in [-0.25, -0.2) is 0 Å². The molecule has 0 fully saturated rings. The Bertz CT molecular complexity index is 797. The van der Waals surface area contributed by atoms with E-state index in [0.29, 0.717) is 11.3 Å². The van der Waals surface area contributed by atoms with Gasteiger partial charge in [0.25, 0.3) is 5.69 Å². The minimum absolute atomic E-state index is 0. The third kappa shape index (κ3) is 8.25. The molecular formula is C14H20Cl2N2O6P2. The lowest BCUT2D eigenvalue weighted by Gasteiger charge is -2.07. The van der Waals surface area contributed by atoms with Gasteiger partial charge in [-0.2, -0.15) is 0 Å². The van der Waals surface area contributed by atoms with Gasteiger partial charge in [-0.1, -0.05) is 0 Å². The predicted molar refractivity (Wildman–Crippen MR) is 85.3 cm³/mol. The van der Waals surface area contributed by atoms with E-state index in [4.69, 9.17) is 19.6 Å². The summed E-state index contributed by atoms with van der Waals surface area (Å²) in [6.45, 7) is 0. The lowest BCUT2D eigenvalue weighted by atomic mass is 10.1. The van der Waals surface area contributed by atoms with E-state index in [1.807, 2.05) is 18.2 Å². The Labute approximate surface area is 163 Å². The van der Waals surface area contributed by atoms with Crippen LogP contribution in [-0.2, 0) is 22.0 Å². The molecule has 0 bridgehead atoms. The monoisotopic (exact) mass is 444 g/mol. The molecule has 0 atom stereocenters. The maximum atomic E-state index is 11.2. The largest absolute Gasteiger partial charge is 1.00 e. The second kappa shape index (κ2) is 10.5. The zero-order chi connectivity index (χ0) is 17.8. The van der Waals surface area contributed by atoms with Crippen molar-refractivity contribution in [2.24, 2.45) is 0 Å². The fourth-order valence-corrected chi connectivity index (χ4v) is 3.38. The molecule has 0 aliphatic rings. The zero-order valence-corrected chi connectivity index (χ0v) is 16.9. The molecule has 26 heavy (non-hydrogen) atoms. The van der Waals surface area contributed by atoms with Crippen molar-refractivity contribution in [3.8, 4) is 0 Å². The quantitative estimate of drug-likeness (QED) is 0.249. The summed E-state index contributed by atoms with van der Waals surface area (Å²) < 4.78 is 25.8. The van der Waals surface area contributed by atoms with Crippen LogP contribution in [0.4, 0.5) is 0 Å². The Kier molecular flexibility index (Phi) is 10.2. The van der Waals surface area contributed by atoms with Gasteiger partial charge in [0.05, 0.1) is 28.1 Å². The number of halogens is 2. The summed E-state index contributed by atoms with van der Waals surface area (Å²) in [5.41, 5.74) is 1.25.